The molecule has 3 heteroatoms. The molecule has 1 fully saturated rings. The van der Waals surface area contributed by atoms with Gasteiger partial charge in [-0.05, 0) is 38.3 Å². The first kappa shape index (κ1) is 12.4. The Morgan fingerprint density at radius 1 is 1.42 bits per heavy atom. The standard InChI is InChI=1S/C16H21N3/c1-13-4-2-5-14(10-13)7-9-19-12-17-11-16(19)15-6-3-8-18-15/h2,4-5,10-12,15,18H,3,6-9H2,1H3. The Morgan fingerprint density at radius 3 is 3.16 bits per heavy atom. The lowest BCUT2D eigenvalue weighted by Gasteiger charge is -2.14. The molecule has 0 amide bonds. The van der Waals surface area contributed by atoms with Gasteiger partial charge >= 0.3 is 0 Å². The summed E-state index contributed by atoms with van der Waals surface area (Å²) in [5.74, 6) is 0. The fourth-order valence-electron chi connectivity index (χ4n) is 2.86. The van der Waals surface area contributed by atoms with E-state index in [0.29, 0.717) is 6.04 Å². The van der Waals surface area contributed by atoms with Crippen LogP contribution in [0.25, 0.3) is 0 Å². The van der Waals surface area contributed by atoms with E-state index >= 15 is 0 Å². The molecule has 1 aliphatic heterocycles. The maximum absolute atomic E-state index is 4.32. The molecule has 0 spiro atoms. The molecule has 1 aromatic heterocycles. The van der Waals surface area contributed by atoms with E-state index < -0.39 is 0 Å². The zero-order valence-corrected chi connectivity index (χ0v) is 11.5. The van der Waals surface area contributed by atoms with Gasteiger partial charge in [0.25, 0.3) is 0 Å². The molecular weight excluding hydrogens is 234 g/mol. The monoisotopic (exact) mass is 255 g/mol. The number of imidazole rings is 1. The Kier molecular flexibility index (Phi) is 3.65. The first-order valence-corrected chi connectivity index (χ1v) is 7.12. The molecule has 0 saturated carbocycles. The second kappa shape index (κ2) is 5.57. The molecule has 1 N–H and O–H groups in total. The van der Waals surface area contributed by atoms with E-state index in [2.05, 4.69) is 46.1 Å². The van der Waals surface area contributed by atoms with Crippen molar-refractivity contribution in [1.82, 2.24) is 14.9 Å². The minimum Gasteiger partial charge on any atom is -0.333 e. The number of aryl methyl sites for hydroxylation is 3. The molecule has 2 heterocycles. The zero-order valence-electron chi connectivity index (χ0n) is 11.5. The molecule has 1 aromatic carbocycles. The van der Waals surface area contributed by atoms with Gasteiger partial charge in [0.2, 0.25) is 0 Å². The number of hydrogen-bond acceptors (Lipinski definition) is 2. The average Bonchev–Trinajstić information content (AvgIpc) is 3.07. The number of benzene rings is 1. The van der Waals surface area contributed by atoms with Crippen LogP contribution in [-0.4, -0.2) is 16.1 Å². The predicted molar refractivity (Wildman–Crippen MR) is 77.1 cm³/mol. The van der Waals surface area contributed by atoms with Crippen LogP contribution in [-0.2, 0) is 13.0 Å². The highest BCUT2D eigenvalue weighted by atomic mass is 15.1. The number of nitrogens with zero attached hydrogens (tertiary/aromatic N) is 2. The number of aromatic nitrogens is 2. The van der Waals surface area contributed by atoms with Gasteiger partial charge < -0.3 is 9.88 Å². The summed E-state index contributed by atoms with van der Waals surface area (Å²) >= 11 is 0. The van der Waals surface area contributed by atoms with Gasteiger partial charge in [-0.2, -0.15) is 0 Å². The molecule has 3 rings (SSSR count). The second-order valence-electron chi connectivity index (χ2n) is 5.40. The van der Waals surface area contributed by atoms with Gasteiger partial charge in [-0.25, -0.2) is 4.98 Å². The Hall–Kier alpha value is -1.61. The third-order valence-corrected chi connectivity index (χ3v) is 3.89. The van der Waals surface area contributed by atoms with Crippen LogP contribution in [0.3, 0.4) is 0 Å². The first-order chi connectivity index (χ1) is 9.33. The lowest BCUT2D eigenvalue weighted by Crippen LogP contribution is -2.17. The SMILES string of the molecule is Cc1cccc(CCn2cncc2C2CCCN2)c1. The summed E-state index contributed by atoms with van der Waals surface area (Å²) in [6.45, 7) is 4.29. The van der Waals surface area contributed by atoms with Gasteiger partial charge in [-0.1, -0.05) is 29.8 Å². The van der Waals surface area contributed by atoms with Gasteiger partial charge in [0.15, 0.2) is 0 Å². The van der Waals surface area contributed by atoms with E-state index in [9.17, 15) is 0 Å². The number of hydrogen-bond donors (Lipinski definition) is 1. The molecule has 1 aliphatic rings. The van der Waals surface area contributed by atoms with Gasteiger partial charge in [0.05, 0.1) is 12.0 Å². The maximum Gasteiger partial charge on any atom is 0.0948 e. The van der Waals surface area contributed by atoms with Gasteiger partial charge in [-0.3, -0.25) is 0 Å². The Labute approximate surface area is 114 Å². The zero-order chi connectivity index (χ0) is 13.1. The molecule has 2 aromatic rings. The summed E-state index contributed by atoms with van der Waals surface area (Å²) in [5.41, 5.74) is 4.07. The maximum atomic E-state index is 4.32. The molecule has 3 nitrogen and oxygen atoms in total. The summed E-state index contributed by atoms with van der Waals surface area (Å²) in [5, 5.41) is 3.55. The van der Waals surface area contributed by atoms with Crippen LogP contribution in [0.15, 0.2) is 36.8 Å². The average molecular weight is 255 g/mol. The topological polar surface area (TPSA) is 29.9 Å². The van der Waals surface area contributed by atoms with Crippen LogP contribution in [0.5, 0.6) is 0 Å². The van der Waals surface area contributed by atoms with Gasteiger partial charge in [0.1, 0.15) is 0 Å². The van der Waals surface area contributed by atoms with E-state index in [1.165, 1.54) is 29.7 Å². The van der Waals surface area contributed by atoms with Crippen molar-refractivity contribution >= 4 is 0 Å². The summed E-state index contributed by atoms with van der Waals surface area (Å²) in [7, 11) is 0. The molecule has 1 saturated heterocycles. The van der Waals surface area contributed by atoms with Crippen molar-refractivity contribution in [3.8, 4) is 0 Å². The van der Waals surface area contributed by atoms with Crippen molar-refractivity contribution in [3.63, 3.8) is 0 Å². The molecule has 1 unspecified atom stereocenters. The van der Waals surface area contributed by atoms with E-state index in [1.54, 1.807) is 0 Å². The summed E-state index contributed by atoms with van der Waals surface area (Å²) in [4.78, 5) is 4.32. The van der Waals surface area contributed by atoms with Crippen molar-refractivity contribution in [2.45, 2.75) is 38.8 Å². The third-order valence-electron chi connectivity index (χ3n) is 3.89. The minimum absolute atomic E-state index is 0.500. The fraction of sp³-hybridized carbons (Fsp3) is 0.438. The lowest BCUT2D eigenvalue weighted by molar-refractivity contribution is 0.563. The summed E-state index contributed by atoms with van der Waals surface area (Å²) in [6.07, 6.45) is 7.55. The fourth-order valence-corrected chi connectivity index (χ4v) is 2.86. The molecule has 1 atom stereocenters. The van der Waals surface area contributed by atoms with E-state index in [1.807, 2.05) is 12.5 Å². The largest absolute Gasteiger partial charge is 0.333 e. The van der Waals surface area contributed by atoms with Crippen LogP contribution in [0, 0.1) is 6.92 Å². The predicted octanol–water partition coefficient (Wildman–Crippen LogP) is 2.86. The van der Waals surface area contributed by atoms with E-state index in [-0.39, 0.29) is 0 Å². The minimum atomic E-state index is 0.500. The van der Waals surface area contributed by atoms with Gasteiger partial charge in [-0.15, -0.1) is 0 Å². The Morgan fingerprint density at radius 2 is 2.37 bits per heavy atom. The first-order valence-electron chi connectivity index (χ1n) is 7.12. The van der Waals surface area contributed by atoms with Crippen molar-refractivity contribution in [2.75, 3.05) is 6.54 Å². The highest BCUT2D eigenvalue weighted by Crippen LogP contribution is 2.22. The molecular formula is C16H21N3. The van der Waals surface area contributed by atoms with Crippen molar-refractivity contribution in [3.05, 3.63) is 53.6 Å². The highest BCUT2D eigenvalue weighted by molar-refractivity contribution is 5.22. The summed E-state index contributed by atoms with van der Waals surface area (Å²) < 4.78 is 2.30. The summed E-state index contributed by atoms with van der Waals surface area (Å²) in [6, 6.07) is 9.26. The number of nitrogens with one attached hydrogen (secondary N) is 1. The van der Waals surface area contributed by atoms with E-state index in [0.717, 1.165) is 19.5 Å². The second-order valence-corrected chi connectivity index (χ2v) is 5.40. The van der Waals surface area contributed by atoms with Gasteiger partial charge in [0, 0.05) is 18.8 Å². The Bertz CT molecular complexity index is 538. The van der Waals surface area contributed by atoms with Crippen molar-refractivity contribution < 1.29 is 0 Å². The molecule has 100 valence electrons. The third kappa shape index (κ3) is 2.87. The lowest BCUT2D eigenvalue weighted by atomic mass is 10.1. The number of rotatable bonds is 4. The van der Waals surface area contributed by atoms with Crippen LogP contribution < -0.4 is 5.32 Å². The molecule has 0 aliphatic carbocycles. The van der Waals surface area contributed by atoms with E-state index in [4.69, 9.17) is 0 Å². The smallest absolute Gasteiger partial charge is 0.0948 e. The molecule has 0 radical (unpaired) electrons. The highest BCUT2D eigenvalue weighted by Gasteiger charge is 2.19. The quantitative estimate of drug-likeness (QED) is 0.910. The van der Waals surface area contributed by atoms with Crippen molar-refractivity contribution in [2.24, 2.45) is 0 Å². The van der Waals surface area contributed by atoms with Crippen molar-refractivity contribution in [1.29, 1.82) is 0 Å². The normalized spacial score (nSPS) is 18.9. The van der Waals surface area contributed by atoms with Crippen LogP contribution >= 0.6 is 0 Å². The van der Waals surface area contributed by atoms with Crippen LogP contribution in [0.2, 0.25) is 0 Å². The molecule has 0 bridgehead atoms. The van der Waals surface area contributed by atoms with Crippen LogP contribution in [0.1, 0.15) is 35.7 Å². The Balaban J connectivity index is 1.68. The van der Waals surface area contributed by atoms with Crippen LogP contribution in [0.4, 0.5) is 0 Å². The molecule has 19 heavy (non-hydrogen) atoms.